The van der Waals surface area contributed by atoms with Gasteiger partial charge in [-0.25, -0.2) is 4.79 Å². The second kappa shape index (κ2) is 19.1. The molecule has 0 bridgehead atoms. The van der Waals surface area contributed by atoms with Crippen LogP contribution >= 0.6 is 0 Å². The van der Waals surface area contributed by atoms with E-state index in [4.69, 9.17) is 33.2 Å². The fourth-order valence-electron chi connectivity index (χ4n) is 7.00. The number of aliphatic carboxylic acids is 1. The molecule has 4 saturated heterocycles. The lowest BCUT2D eigenvalue weighted by Gasteiger charge is -2.51. The summed E-state index contributed by atoms with van der Waals surface area (Å²) in [5.41, 5.74) is 0. The lowest BCUT2D eigenvalue weighted by molar-refractivity contribution is -0.386. The summed E-state index contributed by atoms with van der Waals surface area (Å²) < 4.78 is 39.0. The molecule has 4 aliphatic heterocycles. The quantitative estimate of drug-likeness (QED) is 0.0773. The highest BCUT2D eigenvalue weighted by molar-refractivity contribution is 5.76. The fraction of sp³-hybridized carbons (Fsp3) is 0.903. The molecule has 0 radical (unpaired) electrons. The first-order chi connectivity index (χ1) is 26.2. The van der Waals surface area contributed by atoms with Gasteiger partial charge >= 0.3 is 5.97 Å². The zero-order valence-corrected chi connectivity index (χ0v) is 30.3. The number of carbonyl (C=O) groups is 3. The van der Waals surface area contributed by atoms with Crippen LogP contribution in [0.5, 0.6) is 0 Å². The van der Waals surface area contributed by atoms with Crippen LogP contribution in [0.4, 0.5) is 0 Å². The van der Waals surface area contributed by atoms with Gasteiger partial charge in [0.1, 0.15) is 85.4 Å². The molecule has 25 nitrogen and oxygen atoms in total. The summed E-state index contributed by atoms with van der Waals surface area (Å²) in [6.07, 6.45) is -34.7. The highest BCUT2D eigenvalue weighted by Crippen LogP contribution is 2.38. The average Bonchev–Trinajstić information content (AvgIpc) is 3.14. The van der Waals surface area contributed by atoms with Gasteiger partial charge in [-0.05, 0) is 6.92 Å². The number of aliphatic hydroxyl groups is 12. The van der Waals surface area contributed by atoms with Crippen molar-refractivity contribution < 1.29 is 114 Å². The summed E-state index contributed by atoms with van der Waals surface area (Å²) in [5, 5.41) is 142. The molecule has 4 fully saturated rings. The Bertz CT molecular complexity index is 1320. The van der Waals surface area contributed by atoms with E-state index in [0.717, 1.165) is 13.8 Å². The molecule has 25 heteroatoms. The van der Waals surface area contributed by atoms with Gasteiger partial charge in [0.05, 0.1) is 38.1 Å². The number of carboxylic acids is 1. The summed E-state index contributed by atoms with van der Waals surface area (Å²) in [5.74, 6) is -6.67. The second-order valence-corrected chi connectivity index (χ2v) is 14.0. The van der Waals surface area contributed by atoms with Crippen molar-refractivity contribution in [3.63, 3.8) is 0 Å². The molecular formula is C31H52N2O23. The van der Waals surface area contributed by atoms with E-state index in [1.54, 1.807) is 0 Å². The Labute approximate surface area is 317 Å². The van der Waals surface area contributed by atoms with Gasteiger partial charge in [-0.1, -0.05) is 0 Å². The number of hydrogen-bond acceptors (Lipinski definition) is 22. The van der Waals surface area contributed by atoms with E-state index in [-0.39, 0.29) is 0 Å². The Balaban J connectivity index is 1.63. The summed E-state index contributed by atoms with van der Waals surface area (Å²) in [6, 6.07) is -3.23. The number of ether oxygens (including phenoxy) is 7. The maximum atomic E-state index is 12.8. The minimum Gasteiger partial charge on any atom is -0.477 e. The van der Waals surface area contributed by atoms with Crippen LogP contribution in [0.3, 0.4) is 0 Å². The van der Waals surface area contributed by atoms with Crippen LogP contribution in [-0.4, -0.2) is 232 Å². The number of amides is 2. The maximum Gasteiger partial charge on any atom is 0.364 e. The van der Waals surface area contributed by atoms with Crippen molar-refractivity contribution in [3.8, 4) is 0 Å². The topological polar surface area (TPSA) is 403 Å². The van der Waals surface area contributed by atoms with Gasteiger partial charge in [0.2, 0.25) is 11.8 Å². The summed E-state index contributed by atoms with van der Waals surface area (Å²) in [7, 11) is 0. The molecule has 0 saturated carbocycles. The molecule has 21 atom stereocenters. The number of rotatable bonds is 14. The molecule has 2 amide bonds. The molecule has 0 aromatic rings. The molecular weight excluding hydrogens is 768 g/mol. The lowest BCUT2D eigenvalue weighted by atomic mass is 9.88. The van der Waals surface area contributed by atoms with Crippen LogP contribution in [0.2, 0.25) is 0 Å². The monoisotopic (exact) mass is 820 g/mol. The van der Waals surface area contributed by atoms with Crippen molar-refractivity contribution in [1.82, 2.24) is 10.6 Å². The van der Waals surface area contributed by atoms with Crippen LogP contribution in [0.1, 0.15) is 27.2 Å². The van der Waals surface area contributed by atoms with Gasteiger partial charge in [-0.2, -0.15) is 0 Å². The number of aliphatic hydroxyl groups excluding tert-OH is 12. The molecule has 0 spiro atoms. The van der Waals surface area contributed by atoms with E-state index in [2.05, 4.69) is 10.6 Å². The SMILES string of the molecule is CC(=O)N[C@H]1[C@H](O[C@@H]2[C@H](O)[C@H](C)O[C@H](O)[C@H]2O)O[C@H](CO)[C@@H](O[C@@H]2O[C@H](CO)[C@H](O)[C@H](O[C@]3(C(=O)O)C[C@H](O)[C@@H](NC(C)=O)[C@H]([C@H](O)[C@H](O)CO)O3)[C@H]2O)[C@@H]1O. The first-order valence-corrected chi connectivity index (χ1v) is 17.6. The third-order valence-electron chi connectivity index (χ3n) is 9.94. The highest BCUT2D eigenvalue weighted by Gasteiger charge is 2.60. The van der Waals surface area contributed by atoms with Crippen molar-refractivity contribution in [1.29, 1.82) is 0 Å². The van der Waals surface area contributed by atoms with Gasteiger partial charge in [0.25, 0.3) is 5.79 Å². The highest BCUT2D eigenvalue weighted by atomic mass is 16.8. The van der Waals surface area contributed by atoms with E-state index in [0.29, 0.717) is 0 Å². The zero-order chi connectivity index (χ0) is 42.0. The Morgan fingerprint density at radius 3 is 1.86 bits per heavy atom. The van der Waals surface area contributed by atoms with Gasteiger partial charge in [0.15, 0.2) is 18.9 Å². The van der Waals surface area contributed by atoms with Crippen LogP contribution in [0.25, 0.3) is 0 Å². The molecule has 4 rings (SSSR count). The molecule has 0 aromatic heterocycles. The maximum absolute atomic E-state index is 12.8. The van der Waals surface area contributed by atoms with E-state index >= 15 is 0 Å². The lowest BCUT2D eigenvalue weighted by Crippen LogP contribution is -2.71. The van der Waals surface area contributed by atoms with Crippen molar-refractivity contribution in [2.45, 2.75) is 155 Å². The van der Waals surface area contributed by atoms with Crippen molar-refractivity contribution in [2.75, 3.05) is 19.8 Å². The van der Waals surface area contributed by atoms with Crippen LogP contribution in [0.15, 0.2) is 0 Å². The van der Waals surface area contributed by atoms with Crippen molar-refractivity contribution in [3.05, 3.63) is 0 Å². The van der Waals surface area contributed by atoms with Crippen LogP contribution < -0.4 is 10.6 Å². The third kappa shape index (κ3) is 9.74. The summed E-state index contributed by atoms with van der Waals surface area (Å²) in [4.78, 5) is 36.9. The molecule has 0 unspecified atom stereocenters. The van der Waals surface area contributed by atoms with Gasteiger partial charge < -0.3 is 110 Å². The normalized spacial score (nSPS) is 45.7. The first-order valence-electron chi connectivity index (χ1n) is 17.6. The van der Waals surface area contributed by atoms with Gasteiger partial charge in [-0.15, -0.1) is 0 Å². The smallest absolute Gasteiger partial charge is 0.364 e. The van der Waals surface area contributed by atoms with E-state index < -0.39 is 172 Å². The van der Waals surface area contributed by atoms with Gasteiger partial charge in [-0.3, -0.25) is 9.59 Å². The molecule has 56 heavy (non-hydrogen) atoms. The molecule has 324 valence electrons. The number of hydrogen-bond donors (Lipinski definition) is 15. The van der Waals surface area contributed by atoms with Gasteiger partial charge in [0, 0.05) is 20.3 Å². The third-order valence-corrected chi connectivity index (χ3v) is 9.94. The van der Waals surface area contributed by atoms with Crippen molar-refractivity contribution in [2.24, 2.45) is 0 Å². The Hall–Kier alpha value is -2.35. The zero-order valence-electron chi connectivity index (χ0n) is 30.3. The summed E-state index contributed by atoms with van der Waals surface area (Å²) >= 11 is 0. The molecule has 4 aliphatic rings. The molecule has 15 N–H and O–H groups in total. The predicted molar refractivity (Wildman–Crippen MR) is 173 cm³/mol. The minimum absolute atomic E-state index is 0.774. The molecule has 0 aliphatic carbocycles. The van der Waals surface area contributed by atoms with E-state index in [9.17, 15) is 80.8 Å². The molecule has 4 heterocycles. The Morgan fingerprint density at radius 2 is 1.30 bits per heavy atom. The first kappa shape index (κ1) is 46.3. The molecule has 0 aromatic carbocycles. The standard InChI is InChI=1S/C31H52N2O23/c1-8-17(41)25(21(45)27(47)50-8)54-28-16(33-10(3)38)20(44)23(14(7-36)52-28)53-29-22(46)26(19(43)13(6-35)51-29)56-31(30(48)49)4-11(39)15(32-9(2)37)24(55-31)18(42)12(40)5-34/h8,11-29,34-36,39-47H,4-7H2,1-3H3,(H,32,37)(H,33,38)(H,48,49)/t8-,11-,12+,13+,14+,15+,16+,17+,18+,19-,20+,21-,22+,23+,24+,25+,26-,27-,28-,29-,31-/m0/s1. The fourth-order valence-corrected chi connectivity index (χ4v) is 7.00. The average molecular weight is 821 g/mol. The van der Waals surface area contributed by atoms with Crippen LogP contribution in [0, 0.1) is 0 Å². The number of nitrogens with one attached hydrogen (secondary N) is 2. The largest absolute Gasteiger partial charge is 0.477 e. The van der Waals surface area contributed by atoms with Crippen molar-refractivity contribution >= 4 is 17.8 Å². The number of carboxylic acid groups (broad SMARTS) is 1. The van der Waals surface area contributed by atoms with Crippen LogP contribution in [-0.2, 0) is 47.5 Å². The summed E-state index contributed by atoms with van der Waals surface area (Å²) in [6.45, 7) is 0.319. The second-order valence-electron chi connectivity index (χ2n) is 14.0. The minimum atomic E-state index is -3.10. The van der Waals surface area contributed by atoms with E-state index in [1.165, 1.54) is 6.92 Å². The Morgan fingerprint density at radius 1 is 0.732 bits per heavy atom. The Kier molecular flexibility index (Phi) is 15.8. The number of carbonyl (C=O) groups excluding carboxylic acids is 2. The predicted octanol–water partition coefficient (Wildman–Crippen LogP) is -9.23. The van der Waals surface area contributed by atoms with E-state index in [1.807, 2.05) is 0 Å².